The van der Waals surface area contributed by atoms with E-state index >= 15 is 0 Å². The van der Waals surface area contributed by atoms with Crippen LogP contribution >= 0.6 is 0 Å². The summed E-state index contributed by atoms with van der Waals surface area (Å²) >= 11 is 0. The molecule has 2 amide bonds. The molecule has 1 aromatic heterocycles. The standard InChI is InChI=1S/C19H19N3O5/c1-27-15-8-7-14(19(25)26)21-16(15)11-4-2-5-12(10-11)17(23)22-13-6-3-9-20-18(13)24/h2,4-5,7-8,10,13H,3,6,9H2,1H3,(H,20,24)(H,22,23)(H,25,26)/t13-/m1/s1. The van der Waals surface area contributed by atoms with Crippen molar-refractivity contribution < 1.29 is 24.2 Å². The van der Waals surface area contributed by atoms with Gasteiger partial charge in [0.15, 0.2) is 0 Å². The Bertz CT molecular complexity index is 897. The van der Waals surface area contributed by atoms with Crippen molar-refractivity contribution in [1.82, 2.24) is 15.6 Å². The average Bonchev–Trinajstić information content (AvgIpc) is 2.69. The molecule has 0 aliphatic carbocycles. The van der Waals surface area contributed by atoms with Crippen molar-refractivity contribution in [2.24, 2.45) is 0 Å². The van der Waals surface area contributed by atoms with Crippen LogP contribution in [-0.4, -0.2) is 47.6 Å². The number of aromatic nitrogens is 1. The van der Waals surface area contributed by atoms with E-state index in [2.05, 4.69) is 15.6 Å². The summed E-state index contributed by atoms with van der Waals surface area (Å²) < 4.78 is 5.26. The van der Waals surface area contributed by atoms with E-state index in [0.29, 0.717) is 35.5 Å². The average molecular weight is 369 g/mol. The SMILES string of the molecule is COc1ccc(C(=O)O)nc1-c1cccc(C(=O)N[C@@H]2CCCNC2=O)c1. The van der Waals surface area contributed by atoms with Gasteiger partial charge in [-0.1, -0.05) is 12.1 Å². The van der Waals surface area contributed by atoms with E-state index < -0.39 is 12.0 Å². The number of hydrogen-bond donors (Lipinski definition) is 3. The van der Waals surface area contributed by atoms with E-state index in [9.17, 15) is 14.4 Å². The van der Waals surface area contributed by atoms with Crippen LogP contribution in [0.3, 0.4) is 0 Å². The van der Waals surface area contributed by atoms with E-state index in [1.807, 2.05) is 0 Å². The van der Waals surface area contributed by atoms with Crippen molar-refractivity contribution in [2.45, 2.75) is 18.9 Å². The summed E-state index contributed by atoms with van der Waals surface area (Å²) in [6, 6.07) is 8.89. The molecule has 2 aromatic rings. The Morgan fingerprint density at radius 3 is 2.81 bits per heavy atom. The lowest BCUT2D eigenvalue weighted by molar-refractivity contribution is -0.124. The fourth-order valence-electron chi connectivity index (χ4n) is 2.90. The van der Waals surface area contributed by atoms with Gasteiger partial charge in [-0.25, -0.2) is 9.78 Å². The quantitative estimate of drug-likeness (QED) is 0.734. The Labute approximate surface area is 155 Å². The number of benzene rings is 1. The van der Waals surface area contributed by atoms with Crippen LogP contribution in [0, 0.1) is 0 Å². The summed E-state index contributed by atoms with van der Waals surface area (Å²) in [4.78, 5) is 39.7. The number of carboxylic acids is 1. The number of nitrogens with one attached hydrogen (secondary N) is 2. The molecule has 1 atom stereocenters. The maximum atomic E-state index is 12.5. The molecule has 1 aromatic carbocycles. The summed E-state index contributed by atoms with van der Waals surface area (Å²) in [5.74, 6) is -1.34. The summed E-state index contributed by atoms with van der Waals surface area (Å²) in [6.45, 7) is 0.617. The zero-order chi connectivity index (χ0) is 19.4. The Morgan fingerprint density at radius 2 is 2.11 bits per heavy atom. The number of ether oxygens (including phenoxy) is 1. The first-order valence-electron chi connectivity index (χ1n) is 8.47. The molecule has 0 saturated carbocycles. The first-order chi connectivity index (χ1) is 13.0. The zero-order valence-electron chi connectivity index (χ0n) is 14.7. The molecule has 1 saturated heterocycles. The van der Waals surface area contributed by atoms with Crippen molar-refractivity contribution in [3.63, 3.8) is 0 Å². The highest BCUT2D eigenvalue weighted by Crippen LogP contribution is 2.29. The summed E-state index contributed by atoms with van der Waals surface area (Å²) in [5.41, 5.74) is 1.08. The molecule has 0 radical (unpaired) electrons. The molecular formula is C19H19N3O5. The summed E-state index contributed by atoms with van der Waals surface area (Å²) in [7, 11) is 1.46. The lowest BCUT2D eigenvalue weighted by Gasteiger charge is -2.22. The first-order valence-corrected chi connectivity index (χ1v) is 8.47. The minimum Gasteiger partial charge on any atom is -0.494 e. The largest absolute Gasteiger partial charge is 0.494 e. The molecule has 8 nitrogen and oxygen atoms in total. The van der Waals surface area contributed by atoms with Crippen LogP contribution in [0.1, 0.15) is 33.7 Å². The van der Waals surface area contributed by atoms with Gasteiger partial charge in [-0.2, -0.15) is 0 Å². The van der Waals surface area contributed by atoms with E-state index in [1.54, 1.807) is 24.3 Å². The molecule has 8 heteroatoms. The van der Waals surface area contributed by atoms with Gasteiger partial charge in [0.05, 0.1) is 7.11 Å². The second-order valence-corrected chi connectivity index (χ2v) is 6.09. The molecule has 0 bridgehead atoms. The molecule has 1 fully saturated rings. The number of nitrogens with zero attached hydrogens (tertiary/aromatic N) is 1. The fraction of sp³-hybridized carbons (Fsp3) is 0.263. The number of aromatic carboxylic acids is 1. The molecule has 3 N–H and O–H groups in total. The van der Waals surface area contributed by atoms with Crippen molar-refractivity contribution in [3.05, 3.63) is 47.7 Å². The van der Waals surface area contributed by atoms with Crippen molar-refractivity contribution in [1.29, 1.82) is 0 Å². The molecule has 140 valence electrons. The molecule has 0 spiro atoms. The van der Waals surface area contributed by atoms with Gasteiger partial charge in [0.1, 0.15) is 23.2 Å². The van der Waals surface area contributed by atoms with Crippen LogP contribution in [0.4, 0.5) is 0 Å². The molecular weight excluding hydrogens is 350 g/mol. The number of carboxylic acid groups (broad SMARTS) is 1. The predicted octanol–water partition coefficient (Wildman–Crippen LogP) is 1.46. The predicted molar refractivity (Wildman–Crippen MR) is 96.7 cm³/mol. The van der Waals surface area contributed by atoms with Gasteiger partial charge >= 0.3 is 5.97 Å². The van der Waals surface area contributed by atoms with Gasteiger partial charge in [0.2, 0.25) is 5.91 Å². The van der Waals surface area contributed by atoms with E-state index in [4.69, 9.17) is 9.84 Å². The molecule has 1 aliphatic rings. The van der Waals surface area contributed by atoms with Crippen LogP contribution in [0.25, 0.3) is 11.3 Å². The smallest absolute Gasteiger partial charge is 0.354 e. The van der Waals surface area contributed by atoms with Crippen molar-refractivity contribution >= 4 is 17.8 Å². The minimum atomic E-state index is -1.16. The normalized spacial score (nSPS) is 16.3. The van der Waals surface area contributed by atoms with Crippen LogP contribution in [-0.2, 0) is 4.79 Å². The maximum absolute atomic E-state index is 12.5. The van der Waals surface area contributed by atoms with E-state index in [1.165, 1.54) is 19.2 Å². The Morgan fingerprint density at radius 1 is 1.30 bits per heavy atom. The third kappa shape index (κ3) is 4.05. The lowest BCUT2D eigenvalue weighted by atomic mass is 10.0. The third-order valence-electron chi connectivity index (χ3n) is 4.29. The molecule has 2 heterocycles. The first kappa shape index (κ1) is 18.4. The van der Waals surface area contributed by atoms with E-state index in [0.717, 1.165) is 6.42 Å². The van der Waals surface area contributed by atoms with E-state index in [-0.39, 0.29) is 17.5 Å². The van der Waals surface area contributed by atoms with Crippen LogP contribution < -0.4 is 15.4 Å². The second-order valence-electron chi connectivity index (χ2n) is 6.09. The number of methoxy groups -OCH3 is 1. The lowest BCUT2D eigenvalue weighted by Crippen LogP contribution is -2.50. The molecule has 1 aliphatic heterocycles. The number of carbonyl (C=O) groups excluding carboxylic acids is 2. The zero-order valence-corrected chi connectivity index (χ0v) is 14.7. The van der Waals surface area contributed by atoms with Crippen molar-refractivity contribution in [2.75, 3.05) is 13.7 Å². The fourth-order valence-corrected chi connectivity index (χ4v) is 2.90. The van der Waals surface area contributed by atoms with Gasteiger partial charge in [-0.15, -0.1) is 0 Å². The monoisotopic (exact) mass is 369 g/mol. The number of carbonyl (C=O) groups is 3. The van der Waals surface area contributed by atoms with Gasteiger partial charge < -0.3 is 20.5 Å². The van der Waals surface area contributed by atoms with Crippen molar-refractivity contribution in [3.8, 4) is 17.0 Å². The number of amides is 2. The van der Waals surface area contributed by atoms with Gasteiger partial charge in [-0.3, -0.25) is 9.59 Å². The Balaban J connectivity index is 1.89. The van der Waals surface area contributed by atoms with Gasteiger partial charge in [-0.05, 0) is 37.1 Å². The minimum absolute atomic E-state index is 0.125. The number of piperidine rings is 1. The molecule has 3 rings (SSSR count). The van der Waals surface area contributed by atoms with Crippen LogP contribution in [0.15, 0.2) is 36.4 Å². The highest BCUT2D eigenvalue weighted by molar-refractivity contribution is 5.98. The number of pyridine rings is 1. The molecule has 0 unspecified atom stereocenters. The Hall–Kier alpha value is -3.42. The summed E-state index contributed by atoms with van der Waals surface area (Å²) in [5, 5.41) is 14.6. The summed E-state index contributed by atoms with van der Waals surface area (Å²) in [6.07, 6.45) is 1.40. The number of hydrogen-bond acceptors (Lipinski definition) is 5. The van der Waals surface area contributed by atoms with Crippen LogP contribution in [0.2, 0.25) is 0 Å². The maximum Gasteiger partial charge on any atom is 0.354 e. The number of rotatable bonds is 5. The highest BCUT2D eigenvalue weighted by atomic mass is 16.5. The highest BCUT2D eigenvalue weighted by Gasteiger charge is 2.24. The van der Waals surface area contributed by atoms with Gasteiger partial charge in [0.25, 0.3) is 5.91 Å². The topological polar surface area (TPSA) is 118 Å². The Kier molecular flexibility index (Phi) is 5.35. The van der Waals surface area contributed by atoms with Crippen LogP contribution in [0.5, 0.6) is 5.75 Å². The third-order valence-corrected chi connectivity index (χ3v) is 4.29. The second kappa shape index (κ2) is 7.86. The van der Waals surface area contributed by atoms with Gasteiger partial charge in [0, 0.05) is 17.7 Å². The molecule has 27 heavy (non-hydrogen) atoms.